The first-order chi connectivity index (χ1) is 9.29. The van der Waals surface area contributed by atoms with E-state index < -0.39 is 0 Å². The Morgan fingerprint density at radius 3 is 2.68 bits per heavy atom. The molecule has 0 bridgehead atoms. The molecule has 0 fully saturated rings. The van der Waals surface area contributed by atoms with Gasteiger partial charge in [-0.1, -0.05) is 46.3 Å². The Kier molecular flexibility index (Phi) is 5.43. The van der Waals surface area contributed by atoms with Crippen molar-refractivity contribution in [1.29, 1.82) is 0 Å². The molecule has 2 aromatic rings. The topological polar surface area (TPSA) is 21.3 Å². The van der Waals surface area contributed by atoms with Crippen LogP contribution >= 0.6 is 15.9 Å². The molecule has 2 rings (SSSR count). The van der Waals surface area contributed by atoms with Gasteiger partial charge in [-0.15, -0.1) is 0 Å². The number of benzene rings is 2. The average molecular weight is 320 g/mol. The van der Waals surface area contributed by atoms with Crippen molar-refractivity contribution in [3.8, 4) is 5.75 Å². The van der Waals surface area contributed by atoms with E-state index in [2.05, 4.69) is 51.6 Å². The fraction of sp³-hybridized carbons (Fsp3) is 0.250. The highest BCUT2D eigenvalue weighted by Crippen LogP contribution is 2.16. The summed E-state index contributed by atoms with van der Waals surface area (Å²) in [6.45, 7) is 4.38. The minimum absolute atomic E-state index is 0.702. The van der Waals surface area contributed by atoms with Crippen LogP contribution in [0.5, 0.6) is 5.75 Å². The molecular formula is C16H18BrNO. The lowest BCUT2D eigenvalue weighted by Crippen LogP contribution is -2.13. The first-order valence-corrected chi connectivity index (χ1v) is 7.24. The smallest absolute Gasteiger partial charge is 0.119 e. The van der Waals surface area contributed by atoms with Crippen LogP contribution in [-0.2, 0) is 13.1 Å². The van der Waals surface area contributed by atoms with Gasteiger partial charge in [0, 0.05) is 17.6 Å². The standard InChI is InChI=1S/C16H18BrNO/c1-2-19-15-8-5-6-13(10-15)11-18-12-14-7-3-4-9-16(14)17/h3-10,18H,2,11-12H2,1H3. The van der Waals surface area contributed by atoms with Gasteiger partial charge in [-0.2, -0.15) is 0 Å². The zero-order chi connectivity index (χ0) is 13.5. The Hall–Kier alpha value is -1.32. The molecule has 100 valence electrons. The van der Waals surface area contributed by atoms with Gasteiger partial charge >= 0.3 is 0 Å². The molecule has 0 amide bonds. The van der Waals surface area contributed by atoms with E-state index in [9.17, 15) is 0 Å². The van der Waals surface area contributed by atoms with Gasteiger partial charge in [0.25, 0.3) is 0 Å². The van der Waals surface area contributed by atoms with Crippen LogP contribution in [-0.4, -0.2) is 6.61 Å². The highest BCUT2D eigenvalue weighted by molar-refractivity contribution is 9.10. The zero-order valence-electron chi connectivity index (χ0n) is 11.0. The normalized spacial score (nSPS) is 10.4. The highest BCUT2D eigenvalue weighted by Gasteiger charge is 1.99. The molecule has 0 aliphatic carbocycles. The summed E-state index contributed by atoms with van der Waals surface area (Å²) in [5, 5.41) is 3.44. The predicted octanol–water partition coefficient (Wildman–Crippen LogP) is 4.14. The number of hydrogen-bond acceptors (Lipinski definition) is 2. The molecule has 0 heterocycles. The van der Waals surface area contributed by atoms with Crippen molar-refractivity contribution in [2.75, 3.05) is 6.61 Å². The zero-order valence-corrected chi connectivity index (χ0v) is 12.6. The number of ether oxygens (including phenoxy) is 1. The van der Waals surface area contributed by atoms with E-state index in [1.54, 1.807) is 0 Å². The van der Waals surface area contributed by atoms with Crippen LogP contribution in [0.25, 0.3) is 0 Å². The van der Waals surface area contributed by atoms with E-state index in [0.29, 0.717) is 6.61 Å². The van der Waals surface area contributed by atoms with E-state index in [4.69, 9.17) is 4.74 Å². The molecule has 0 aliphatic heterocycles. The summed E-state index contributed by atoms with van der Waals surface area (Å²) < 4.78 is 6.64. The van der Waals surface area contributed by atoms with Crippen LogP contribution in [0, 0.1) is 0 Å². The van der Waals surface area contributed by atoms with Crippen molar-refractivity contribution in [2.45, 2.75) is 20.0 Å². The Balaban J connectivity index is 1.89. The van der Waals surface area contributed by atoms with Crippen molar-refractivity contribution in [3.05, 3.63) is 64.1 Å². The second-order valence-corrected chi connectivity index (χ2v) is 5.13. The lowest BCUT2D eigenvalue weighted by molar-refractivity contribution is 0.340. The first kappa shape index (κ1) is 14.1. The molecule has 2 nitrogen and oxygen atoms in total. The Morgan fingerprint density at radius 2 is 1.89 bits per heavy atom. The minimum Gasteiger partial charge on any atom is -0.494 e. The van der Waals surface area contributed by atoms with Gasteiger partial charge in [0.15, 0.2) is 0 Å². The number of nitrogens with one attached hydrogen (secondary N) is 1. The molecule has 3 heteroatoms. The number of hydrogen-bond donors (Lipinski definition) is 1. The van der Waals surface area contributed by atoms with Crippen molar-refractivity contribution in [2.24, 2.45) is 0 Å². The summed E-state index contributed by atoms with van der Waals surface area (Å²) >= 11 is 3.55. The van der Waals surface area contributed by atoms with E-state index in [1.165, 1.54) is 11.1 Å². The number of halogens is 1. The maximum atomic E-state index is 5.49. The van der Waals surface area contributed by atoms with Crippen LogP contribution < -0.4 is 10.1 Å². The second kappa shape index (κ2) is 7.31. The predicted molar refractivity (Wildman–Crippen MR) is 82.3 cm³/mol. The third-order valence-electron chi connectivity index (χ3n) is 2.81. The summed E-state index contributed by atoms with van der Waals surface area (Å²) in [4.78, 5) is 0. The van der Waals surface area contributed by atoms with E-state index in [0.717, 1.165) is 23.3 Å². The molecule has 19 heavy (non-hydrogen) atoms. The summed E-state index contributed by atoms with van der Waals surface area (Å²) in [5.74, 6) is 0.933. The molecule has 0 unspecified atom stereocenters. The van der Waals surface area contributed by atoms with Gasteiger partial charge < -0.3 is 10.1 Å². The summed E-state index contributed by atoms with van der Waals surface area (Å²) in [6, 6.07) is 16.5. The quantitative estimate of drug-likeness (QED) is 0.864. The van der Waals surface area contributed by atoms with Crippen molar-refractivity contribution in [3.63, 3.8) is 0 Å². The van der Waals surface area contributed by atoms with Crippen LogP contribution in [0.3, 0.4) is 0 Å². The second-order valence-electron chi connectivity index (χ2n) is 4.28. The van der Waals surface area contributed by atoms with Crippen LogP contribution in [0.2, 0.25) is 0 Å². The molecule has 0 saturated carbocycles. The van der Waals surface area contributed by atoms with Crippen molar-refractivity contribution < 1.29 is 4.74 Å². The average Bonchev–Trinajstić information content (AvgIpc) is 2.42. The summed E-state index contributed by atoms with van der Waals surface area (Å²) in [6.07, 6.45) is 0. The van der Waals surface area contributed by atoms with Gasteiger partial charge in [0.05, 0.1) is 6.61 Å². The lowest BCUT2D eigenvalue weighted by atomic mass is 10.2. The monoisotopic (exact) mass is 319 g/mol. The fourth-order valence-electron chi connectivity index (χ4n) is 1.90. The van der Waals surface area contributed by atoms with Crippen LogP contribution in [0.4, 0.5) is 0 Å². The Bertz CT molecular complexity index is 528. The highest BCUT2D eigenvalue weighted by atomic mass is 79.9. The molecule has 0 aromatic heterocycles. The molecule has 0 saturated heterocycles. The van der Waals surface area contributed by atoms with Gasteiger partial charge in [0.2, 0.25) is 0 Å². The minimum atomic E-state index is 0.702. The van der Waals surface area contributed by atoms with Gasteiger partial charge in [-0.05, 0) is 36.2 Å². The van der Waals surface area contributed by atoms with Gasteiger partial charge in [0.1, 0.15) is 5.75 Å². The molecule has 0 atom stereocenters. The lowest BCUT2D eigenvalue weighted by Gasteiger charge is -2.08. The maximum absolute atomic E-state index is 5.49. The van der Waals surface area contributed by atoms with Crippen molar-refractivity contribution in [1.82, 2.24) is 5.32 Å². The number of rotatable bonds is 6. The summed E-state index contributed by atoms with van der Waals surface area (Å²) in [7, 11) is 0. The SMILES string of the molecule is CCOc1cccc(CNCc2ccccc2Br)c1. The van der Waals surface area contributed by atoms with Crippen LogP contribution in [0.1, 0.15) is 18.1 Å². The third-order valence-corrected chi connectivity index (χ3v) is 3.59. The van der Waals surface area contributed by atoms with E-state index >= 15 is 0 Å². The van der Waals surface area contributed by atoms with Gasteiger partial charge in [-0.3, -0.25) is 0 Å². The van der Waals surface area contributed by atoms with E-state index in [-0.39, 0.29) is 0 Å². The van der Waals surface area contributed by atoms with Crippen molar-refractivity contribution >= 4 is 15.9 Å². The molecule has 0 radical (unpaired) electrons. The molecular weight excluding hydrogens is 302 g/mol. The Morgan fingerprint density at radius 1 is 1.05 bits per heavy atom. The third kappa shape index (κ3) is 4.37. The molecule has 2 aromatic carbocycles. The Labute approximate surface area is 122 Å². The fourth-order valence-corrected chi connectivity index (χ4v) is 2.32. The van der Waals surface area contributed by atoms with E-state index in [1.807, 2.05) is 25.1 Å². The molecule has 0 aliphatic rings. The molecule has 0 spiro atoms. The largest absolute Gasteiger partial charge is 0.494 e. The van der Waals surface area contributed by atoms with Crippen LogP contribution in [0.15, 0.2) is 53.0 Å². The maximum Gasteiger partial charge on any atom is 0.119 e. The first-order valence-electron chi connectivity index (χ1n) is 6.45. The van der Waals surface area contributed by atoms with Gasteiger partial charge in [-0.25, -0.2) is 0 Å². The summed E-state index contributed by atoms with van der Waals surface area (Å²) in [5.41, 5.74) is 2.50. The molecule has 1 N–H and O–H groups in total.